The van der Waals surface area contributed by atoms with Gasteiger partial charge in [-0.15, -0.1) is 0 Å². The van der Waals surface area contributed by atoms with E-state index in [4.69, 9.17) is 0 Å². The predicted molar refractivity (Wildman–Crippen MR) is 90.9 cm³/mol. The fourth-order valence-electron chi connectivity index (χ4n) is 3.74. The average molecular weight is 343 g/mol. The number of nitrogens with zero attached hydrogens (tertiary/aromatic N) is 5. The SMILES string of the molecule is Cn1ncc2c(NCCCN3C(=O)NC4(CCCC4)C3=O)ncnc21. The van der Waals surface area contributed by atoms with Crippen molar-refractivity contribution >= 4 is 28.8 Å². The van der Waals surface area contributed by atoms with Gasteiger partial charge in [0.1, 0.15) is 17.7 Å². The van der Waals surface area contributed by atoms with Crippen LogP contribution >= 0.6 is 0 Å². The van der Waals surface area contributed by atoms with Gasteiger partial charge in [-0.2, -0.15) is 5.10 Å². The van der Waals surface area contributed by atoms with Gasteiger partial charge in [-0.3, -0.25) is 14.4 Å². The van der Waals surface area contributed by atoms with Crippen molar-refractivity contribution in [2.24, 2.45) is 7.05 Å². The molecule has 9 heteroatoms. The molecule has 0 bridgehead atoms. The number of carbonyl (C=O) groups excluding carboxylic acids is 2. The summed E-state index contributed by atoms with van der Waals surface area (Å²) >= 11 is 0. The number of amides is 3. The Bertz CT molecular complexity index is 825. The summed E-state index contributed by atoms with van der Waals surface area (Å²) in [5, 5.41) is 11.2. The zero-order chi connectivity index (χ0) is 17.4. The van der Waals surface area contributed by atoms with E-state index in [2.05, 4.69) is 25.7 Å². The highest BCUT2D eigenvalue weighted by molar-refractivity contribution is 6.07. The molecule has 132 valence electrons. The second-order valence-corrected chi connectivity index (χ2v) is 6.68. The number of hydrogen-bond donors (Lipinski definition) is 2. The van der Waals surface area contributed by atoms with Gasteiger partial charge in [-0.05, 0) is 19.3 Å². The molecule has 2 fully saturated rings. The van der Waals surface area contributed by atoms with Gasteiger partial charge < -0.3 is 10.6 Å². The number of fused-ring (bicyclic) bond motifs is 1. The number of nitrogens with one attached hydrogen (secondary N) is 2. The Balaban J connectivity index is 1.35. The van der Waals surface area contributed by atoms with Gasteiger partial charge >= 0.3 is 6.03 Å². The number of anilines is 1. The van der Waals surface area contributed by atoms with Gasteiger partial charge in [0.15, 0.2) is 5.65 Å². The molecule has 0 aromatic carbocycles. The Morgan fingerprint density at radius 1 is 1.28 bits per heavy atom. The molecule has 4 rings (SSSR count). The van der Waals surface area contributed by atoms with E-state index in [-0.39, 0.29) is 11.9 Å². The number of rotatable bonds is 5. The van der Waals surface area contributed by atoms with Crippen LogP contribution in [0.1, 0.15) is 32.1 Å². The Morgan fingerprint density at radius 3 is 2.88 bits per heavy atom. The van der Waals surface area contributed by atoms with E-state index in [1.54, 1.807) is 10.9 Å². The normalized spacial score (nSPS) is 19.2. The summed E-state index contributed by atoms with van der Waals surface area (Å²) in [6.07, 6.45) is 7.37. The highest BCUT2D eigenvalue weighted by Gasteiger charge is 2.51. The number of carbonyl (C=O) groups is 2. The lowest BCUT2D eigenvalue weighted by atomic mass is 9.98. The number of hydrogen-bond acceptors (Lipinski definition) is 6. The van der Waals surface area contributed by atoms with Gasteiger partial charge in [0.2, 0.25) is 0 Å². The maximum Gasteiger partial charge on any atom is 0.325 e. The van der Waals surface area contributed by atoms with Crippen LogP contribution in [0, 0.1) is 0 Å². The van der Waals surface area contributed by atoms with Crippen LogP contribution in [0.15, 0.2) is 12.5 Å². The molecule has 1 saturated carbocycles. The minimum Gasteiger partial charge on any atom is -0.369 e. The molecule has 9 nitrogen and oxygen atoms in total. The van der Waals surface area contributed by atoms with Crippen molar-refractivity contribution in [2.45, 2.75) is 37.6 Å². The number of aryl methyl sites for hydroxylation is 1. The van der Waals surface area contributed by atoms with Crippen molar-refractivity contribution in [1.82, 2.24) is 30.0 Å². The summed E-state index contributed by atoms with van der Waals surface area (Å²) < 4.78 is 1.69. The van der Waals surface area contributed by atoms with Gasteiger partial charge in [-0.25, -0.2) is 14.8 Å². The maximum absolute atomic E-state index is 12.6. The van der Waals surface area contributed by atoms with Crippen molar-refractivity contribution < 1.29 is 9.59 Å². The van der Waals surface area contributed by atoms with Gasteiger partial charge in [0.05, 0.1) is 11.6 Å². The predicted octanol–water partition coefficient (Wildman–Crippen LogP) is 1.03. The highest BCUT2D eigenvalue weighted by atomic mass is 16.2. The lowest BCUT2D eigenvalue weighted by molar-refractivity contribution is -0.131. The molecule has 3 heterocycles. The van der Waals surface area contributed by atoms with E-state index in [1.807, 2.05) is 7.05 Å². The first kappa shape index (κ1) is 15.8. The third-order valence-electron chi connectivity index (χ3n) is 5.08. The van der Waals surface area contributed by atoms with E-state index in [0.717, 1.165) is 36.7 Å². The first-order chi connectivity index (χ1) is 12.1. The molecule has 2 aromatic heterocycles. The summed E-state index contributed by atoms with van der Waals surface area (Å²) in [6, 6.07) is -0.261. The zero-order valence-corrected chi connectivity index (χ0v) is 14.2. The van der Waals surface area contributed by atoms with E-state index in [1.165, 1.54) is 11.2 Å². The molecule has 2 N–H and O–H groups in total. The van der Waals surface area contributed by atoms with Crippen molar-refractivity contribution in [3.63, 3.8) is 0 Å². The van der Waals surface area contributed by atoms with E-state index in [9.17, 15) is 9.59 Å². The Kier molecular flexibility index (Phi) is 3.78. The zero-order valence-electron chi connectivity index (χ0n) is 14.2. The molecule has 1 saturated heterocycles. The summed E-state index contributed by atoms with van der Waals surface area (Å²) in [7, 11) is 1.83. The Hall–Kier alpha value is -2.71. The van der Waals surface area contributed by atoms with Crippen LogP contribution in [-0.2, 0) is 11.8 Å². The van der Waals surface area contributed by atoms with Crippen molar-refractivity contribution in [2.75, 3.05) is 18.4 Å². The van der Waals surface area contributed by atoms with Gasteiger partial charge in [-0.1, -0.05) is 12.8 Å². The molecule has 2 aliphatic rings. The van der Waals surface area contributed by atoms with E-state index >= 15 is 0 Å². The van der Waals surface area contributed by atoms with E-state index < -0.39 is 5.54 Å². The number of aromatic nitrogens is 4. The smallest absolute Gasteiger partial charge is 0.325 e. The second-order valence-electron chi connectivity index (χ2n) is 6.68. The molecule has 1 aliphatic heterocycles. The van der Waals surface area contributed by atoms with Crippen LogP contribution in [0.3, 0.4) is 0 Å². The van der Waals surface area contributed by atoms with Crippen LogP contribution < -0.4 is 10.6 Å². The largest absolute Gasteiger partial charge is 0.369 e. The molecule has 25 heavy (non-hydrogen) atoms. The fourth-order valence-corrected chi connectivity index (χ4v) is 3.74. The van der Waals surface area contributed by atoms with Crippen molar-refractivity contribution in [3.05, 3.63) is 12.5 Å². The standard InChI is InChI=1S/C16H21N7O2/c1-22-13-11(9-20-22)12(18-10-19-13)17-7-4-8-23-14(24)16(21-15(23)25)5-2-3-6-16/h9-10H,2-8H2,1H3,(H,21,25)(H,17,18,19). The third-order valence-corrected chi connectivity index (χ3v) is 5.08. The molecule has 0 atom stereocenters. The van der Waals surface area contributed by atoms with Crippen molar-refractivity contribution in [3.8, 4) is 0 Å². The molecule has 2 aromatic rings. The van der Waals surface area contributed by atoms with Gasteiger partial charge in [0, 0.05) is 20.1 Å². The summed E-state index contributed by atoms with van der Waals surface area (Å²) in [6.45, 7) is 1.01. The minimum atomic E-state index is -0.626. The fraction of sp³-hybridized carbons (Fsp3) is 0.562. The van der Waals surface area contributed by atoms with Crippen LogP contribution in [0.25, 0.3) is 11.0 Å². The number of imide groups is 1. The topological polar surface area (TPSA) is 105 Å². The van der Waals surface area contributed by atoms with Crippen LogP contribution in [0.2, 0.25) is 0 Å². The molecule has 1 aliphatic carbocycles. The van der Waals surface area contributed by atoms with E-state index in [0.29, 0.717) is 25.3 Å². The Morgan fingerprint density at radius 2 is 2.08 bits per heavy atom. The first-order valence-electron chi connectivity index (χ1n) is 8.61. The summed E-state index contributed by atoms with van der Waals surface area (Å²) in [5.74, 6) is 0.647. The lowest BCUT2D eigenvalue weighted by Crippen LogP contribution is -2.44. The lowest BCUT2D eigenvalue weighted by Gasteiger charge is -2.20. The van der Waals surface area contributed by atoms with Crippen LogP contribution in [0.5, 0.6) is 0 Å². The van der Waals surface area contributed by atoms with Gasteiger partial charge in [0.25, 0.3) is 5.91 Å². The molecule has 0 unspecified atom stereocenters. The minimum absolute atomic E-state index is 0.0633. The summed E-state index contributed by atoms with van der Waals surface area (Å²) in [5.41, 5.74) is 0.133. The monoisotopic (exact) mass is 343 g/mol. The maximum atomic E-state index is 12.6. The highest BCUT2D eigenvalue weighted by Crippen LogP contribution is 2.35. The van der Waals surface area contributed by atoms with Crippen LogP contribution in [0.4, 0.5) is 10.6 Å². The number of urea groups is 1. The molecule has 3 amide bonds. The first-order valence-corrected chi connectivity index (χ1v) is 8.61. The molecule has 0 radical (unpaired) electrons. The molecule has 1 spiro atoms. The van der Waals surface area contributed by atoms with Crippen LogP contribution in [-0.4, -0.2) is 55.2 Å². The quantitative estimate of drug-likeness (QED) is 0.620. The molecular formula is C16H21N7O2. The second kappa shape index (κ2) is 5.98. The Labute approximate surface area is 144 Å². The van der Waals surface area contributed by atoms with Crippen molar-refractivity contribution in [1.29, 1.82) is 0 Å². The average Bonchev–Trinajstić information content (AvgIpc) is 3.28. The third kappa shape index (κ3) is 2.59. The molecular weight excluding hydrogens is 322 g/mol. The summed E-state index contributed by atoms with van der Waals surface area (Å²) in [4.78, 5) is 34.5.